The molecule has 0 saturated heterocycles. The Bertz CT molecular complexity index is 383. The summed E-state index contributed by atoms with van der Waals surface area (Å²) in [6.45, 7) is 0.685. The molecule has 0 aliphatic carbocycles. The first-order valence-corrected chi connectivity index (χ1v) is 6.83. The van der Waals surface area contributed by atoms with Crippen LogP contribution in [0.1, 0.15) is 30.9 Å². The molecule has 5 heteroatoms. The Hall–Kier alpha value is -1.43. The van der Waals surface area contributed by atoms with E-state index in [0.717, 1.165) is 5.56 Å². The number of nitrogens with one attached hydrogen (secondary N) is 1. The maximum atomic E-state index is 11.2. The van der Waals surface area contributed by atoms with Gasteiger partial charge in [-0.05, 0) is 24.9 Å². The summed E-state index contributed by atoms with van der Waals surface area (Å²) in [6.07, 6.45) is 0.640. The van der Waals surface area contributed by atoms with Crippen molar-refractivity contribution in [2.45, 2.75) is 31.4 Å². The Morgan fingerprint density at radius 2 is 2.05 bits per heavy atom. The molecule has 1 aromatic rings. The third-order valence-electron chi connectivity index (χ3n) is 3.15. The molecule has 1 rings (SSSR count). The number of carbonyl (C=O) groups excluding carboxylic acids is 1. The lowest BCUT2D eigenvalue weighted by Gasteiger charge is -2.24. The predicted molar refractivity (Wildman–Crippen MR) is 76.1 cm³/mol. The first kappa shape index (κ1) is 16.6. The van der Waals surface area contributed by atoms with Crippen molar-refractivity contribution in [2.24, 2.45) is 0 Å². The van der Waals surface area contributed by atoms with Crippen LogP contribution in [0, 0.1) is 0 Å². The number of aliphatic hydroxyl groups is 2. The lowest BCUT2D eigenvalue weighted by Crippen LogP contribution is -2.36. The van der Waals surface area contributed by atoms with Crippen molar-refractivity contribution in [3.05, 3.63) is 35.9 Å². The summed E-state index contributed by atoms with van der Waals surface area (Å²) in [6, 6.07) is 9.07. The maximum absolute atomic E-state index is 11.2. The van der Waals surface area contributed by atoms with Gasteiger partial charge in [-0.15, -0.1) is 0 Å². The van der Waals surface area contributed by atoms with E-state index in [9.17, 15) is 9.90 Å². The number of hydrogen-bond acceptors (Lipinski definition) is 5. The van der Waals surface area contributed by atoms with Crippen LogP contribution in [0.5, 0.6) is 0 Å². The van der Waals surface area contributed by atoms with E-state index in [-0.39, 0.29) is 25.0 Å². The molecule has 0 aromatic heterocycles. The van der Waals surface area contributed by atoms with E-state index >= 15 is 0 Å². The molecule has 5 nitrogen and oxygen atoms in total. The molecule has 0 bridgehead atoms. The molecule has 0 aliphatic rings. The van der Waals surface area contributed by atoms with Gasteiger partial charge in [0.15, 0.2) is 0 Å². The monoisotopic (exact) mass is 281 g/mol. The normalized spacial score (nSPS) is 13.8. The molecule has 3 N–H and O–H groups in total. The van der Waals surface area contributed by atoms with E-state index in [0.29, 0.717) is 19.4 Å². The van der Waals surface area contributed by atoms with Crippen molar-refractivity contribution in [2.75, 3.05) is 20.3 Å². The van der Waals surface area contributed by atoms with Gasteiger partial charge in [-0.2, -0.15) is 0 Å². The number of esters is 1. The van der Waals surface area contributed by atoms with Gasteiger partial charge in [0, 0.05) is 19.1 Å². The van der Waals surface area contributed by atoms with Crippen LogP contribution in [0.15, 0.2) is 30.3 Å². The van der Waals surface area contributed by atoms with Gasteiger partial charge in [0.1, 0.15) is 0 Å². The van der Waals surface area contributed by atoms with Gasteiger partial charge in [0.2, 0.25) is 0 Å². The zero-order valence-electron chi connectivity index (χ0n) is 11.8. The summed E-state index contributed by atoms with van der Waals surface area (Å²) in [7, 11) is 1.35. The Morgan fingerprint density at radius 1 is 1.35 bits per heavy atom. The van der Waals surface area contributed by atoms with Gasteiger partial charge < -0.3 is 20.3 Å². The minimum absolute atomic E-state index is 0.0954. The third-order valence-corrected chi connectivity index (χ3v) is 3.15. The molecule has 2 atom stereocenters. The van der Waals surface area contributed by atoms with E-state index < -0.39 is 6.10 Å². The largest absolute Gasteiger partial charge is 0.469 e. The summed E-state index contributed by atoms with van der Waals surface area (Å²) in [5, 5.41) is 22.4. The topological polar surface area (TPSA) is 78.8 Å². The van der Waals surface area contributed by atoms with E-state index in [2.05, 4.69) is 10.1 Å². The average Bonchev–Trinajstić information content (AvgIpc) is 2.50. The fourth-order valence-electron chi connectivity index (χ4n) is 2.00. The zero-order chi connectivity index (χ0) is 14.8. The highest BCUT2D eigenvalue weighted by Crippen LogP contribution is 2.20. The smallest absolute Gasteiger partial charge is 0.305 e. The highest BCUT2D eigenvalue weighted by Gasteiger charge is 2.21. The van der Waals surface area contributed by atoms with Gasteiger partial charge in [0.05, 0.1) is 13.2 Å². The number of benzene rings is 1. The van der Waals surface area contributed by atoms with E-state index in [1.807, 2.05) is 30.3 Å². The molecule has 0 amide bonds. The number of methoxy groups -OCH3 is 1. The van der Waals surface area contributed by atoms with Crippen LogP contribution in [-0.2, 0) is 9.53 Å². The van der Waals surface area contributed by atoms with Gasteiger partial charge in [-0.25, -0.2) is 0 Å². The first-order valence-electron chi connectivity index (χ1n) is 6.83. The Kier molecular flexibility index (Phi) is 7.87. The highest BCUT2D eigenvalue weighted by molar-refractivity contribution is 5.69. The van der Waals surface area contributed by atoms with Gasteiger partial charge in [-0.1, -0.05) is 30.3 Å². The molecule has 0 spiro atoms. The van der Waals surface area contributed by atoms with Gasteiger partial charge in [0.25, 0.3) is 0 Å². The Labute approximate surface area is 119 Å². The number of carbonyl (C=O) groups is 1. The van der Waals surface area contributed by atoms with Crippen LogP contribution in [0.25, 0.3) is 0 Å². The van der Waals surface area contributed by atoms with Crippen molar-refractivity contribution in [1.29, 1.82) is 0 Å². The van der Waals surface area contributed by atoms with Crippen LogP contribution < -0.4 is 5.32 Å². The second-order valence-corrected chi connectivity index (χ2v) is 4.61. The fourth-order valence-corrected chi connectivity index (χ4v) is 2.00. The molecule has 0 aliphatic heterocycles. The van der Waals surface area contributed by atoms with Crippen LogP contribution in [0.3, 0.4) is 0 Å². The number of ether oxygens (including phenoxy) is 1. The quantitative estimate of drug-likeness (QED) is 0.465. The molecule has 0 heterocycles. The van der Waals surface area contributed by atoms with Crippen molar-refractivity contribution >= 4 is 5.97 Å². The molecule has 2 unspecified atom stereocenters. The van der Waals surface area contributed by atoms with Crippen LogP contribution in [-0.4, -0.2) is 42.5 Å². The minimum atomic E-state index is -0.695. The molecule has 20 heavy (non-hydrogen) atoms. The zero-order valence-corrected chi connectivity index (χ0v) is 11.8. The second kappa shape index (κ2) is 9.47. The molecule has 0 fully saturated rings. The number of aliphatic hydroxyl groups excluding tert-OH is 2. The molecule has 0 radical (unpaired) electrons. The predicted octanol–water partition coefficient (Wildman–Crippen LogP) is 1.01. The van der Waals surface area contributed by atoms with Crippen LogP contribution >= 0.6 is 0 Å². The molecule has 1 aromatic carbocycles. The minimum Gasteiger partial charge on any atom is -0.469 e. The lowest BCUT2D eigenvalue weighted by molar-refractivity contribution is -0.141. The standard InChI is InChI=1S/C15H23NO4/c1-20-14(18)9-8-13(16-10-5-11-17)15(19)12-6-3-2-4-7-12/h2-4,6-7,13,15-17,19H,5,8-11H2,1H3. The summed E-state index contributed by atoms with van der Waals surface area (Å²) >= 11 is 0. The maximum Gasteiger partial charge on any atom is 0.305 e. The second-order valence-electron chi connectivity index (χ2n) is 4.61. The number of rotatable bonds is 9. The van der Waals surface area contributed by atoms with Crippen molar-refractivity contribution < 1.29 is 19.7 Å². The Balaban J connectivity index is 2.62. The van der Waals surface area contributed by atoms with E-state index in [1.54, 1.807) is 0 Å². The summed E-state index contributed by atoms with van der Waals surface area (Å²) in [4.78, 5) is 11.2. The SMILES string of the molecule is COC(=O)CCC(NCCCO)C(O)c1ccccc1. The van der Waals surface area contributed by atoms with Gasteiger partial charge in [-0.3, -0.25) is 4.79 Å². The van der Waals surface area contributed by atoms with Crippen LogP contribution in [0.4, 0.5) is 0 Å². The molecule has 112 valence electrons. The van der Waals surface area contributed by atoms with E-state index in [1.165, 1.54) is 7.11 Å². The van der Waals surface area contributed by atoms with Crippen molar-refractivity contribution in [3.8, 4) is 0 Å². The molecular formula is C15H23NO4. The highest BCUT2D eigenvalue weighted by atomic mass is 16.5. The fraction of sp³-hybridized carbons (Fsp3) is 0.533. The summed E-state index contributed by atoms with van der Waals surface area (Å²) < 4.78 is 4.62. The van der Waals surface area contributed by atoms with E-state index in [4.69, 9.17) is 5.11 Å². The summed E-state index contributed by atoms with van der Waals surface area (Å²) in [5.41, 5.74) is 0.805. The third kappa shape index (κ3) is 5.69. The average molecular weight is 281 g/mol. The van der Waals surface area contributed by atoms with Crippen LogP contribution in [0.2, 0.25) is 0 Å². The lowest BCUT2D eigenvalue weighted by atomic mass is 9.98. The van der Waals surface area contributed by atoms with Gasteiger partial charge >= 0.3 is 5.97 Å². The molecular weight excluding hydrogens is 258 g/mol. The van der Waals surface area contributed by atoms with Crippen molar-refractivity contribution in [1.82, 2.24) is 5.32 Å². The molecule has 0 saturated carbocycles. The van der Waals surface area contributed by atoms with Crippen molar-refractivity contribution in [3.63, 3.8) is 0 Å². The Morgan fingerprint density at radius 3 is 2.65 bits per heavy atom. The number of hydrogen-bond donors (Lipinski definition) is 3. The summed E-state index contributed by atoms with van der Waals surface area (Å²) in [5.74, 6) is -0.292. The first-order chi connectivity index (χ1) is 9.69.